The lowest BCUT2D eigenvalue weighted by molar-refractivity contribution is -0.117. The molecule has 2 N–H and O–H groups in total. The van der Waals surface area contributed by atoms with Gasteiger partial charge < -0.3 is 23.9 Å². The molecule has 1 aliphatic heterocycles. The van der Waals surface area contributed by atoms with Crippen molar-refractivity contribution in [2.24, 2.45) is 5.10 Å². The molecule has 0 aliphatic carbocycles. The van der Waals surface area contributed by atoms with Crippen molar-refractivity contribution >= 4 is 30.1 Å². The Kier molecular flexibility index (Phi) is 8.20. The van der Waals surface area contributed by atoms with Gasteiger partial charge in [0.1, 0.15) is 17.2 Å². The summed E-state index contributed by atoms with van der Waals surface area (Å²) in [7, 11) is 0. The van der Waals surface area contributed by atoms with Crippen LogP contribution in [0.25, 0.3) is 17.4 Å². The van der Waals surface area contributed by atoms with Crippen molar-refractivity contribution in [3.8, 4) is 22.8 Å². The van der Waals surface area contributed by atoms with E-state index in [0.29, 0.717) is 46.3 Å². The highest BCUT2D eigenvalue weighted by Gasteiger charge is 2.17. The van der Waals surface area contributed by atoms with Gasteiger partial charge in [-0.25, -0.2) is 10.2 Å². The van der Waals surface area contributed by atoms with E-state index in [0.717, 1.165) is 5.56 Å². The highest BCUT2D eigenvalue weighted by Crippen LogP contribution is 2.33. The molecular weight excluding hydrogens is 526 g/mol. The number of nitrogens with one attached hydrogen (secondary N) is 2. The van der Waals surface area contributed by atoms with E-state index < -0.39 is 17.8 Å². The van der Waals surface area contributed by atoms with Crippen molar-refractivity contribution < 1.29 is 33.0 Å². The summed E-state index contributed by atoms with van der Waals surface area (Å²) in [4.78, 5) is 37.7. The minimum Gasteiger partial charge on any atom is -0.462 e. The normalized spacial score (nSPS) is 12.3. The van der Waals surface area contributed by atoms with Gasteiger partial charge in [0, 0.05) is 11.1 Å². The van der Waals surface area contributed by atoms with E-state index in [-0.39, 0.29) is 12.5 Å². The molecule has 0 atom stereocenters. The monoisotopic (exact) mass is 551 g/mol. The molecule has 0 spiro atoms. The van der Waals surface area contributed by atoms with Gasteiger partial charge in [-0.15, -0.1) is 0 Å². The van der Waals surface area contributed by atoms with Crippen LogP contribution in [0.4, 0.5) is 0 Å². The number of hydrogen-bond acceptors (Lipinski definition) is 8. The molecule has 0 radical (unpaired) electrons. The van der Waals surface area contributed by atoms with Gasteiger partial charge in [0.05, 0.1) is 18.4 Å². The number of benzene rings is 3. The molecule has 0 saturated heterocycles. The van der Waals surface area contributed by atoms with Crippen LogP contribution in [0.1, 0.15) is 39.0 Å². The molecule has 41 heavy (non-hydrogen) atoms. The molecule has 2 heterocycles. The Morgan fingerprint density at radius 1 is 0.902 bits per heavy atom. The number of ether oxygens (including phenoxy) is 3. The van der Waals surface area contributed by atoms with Crippen molar-refractivity contribution in [1.82, 2.24) is 10.7 Å². The number of hydrazone groups is 1. The highest BCUT2D eigenvalue weighted by molar-refractivity contribution is 6.05. The number of esters is 1. The van der Waals surface area contributed by atoms with Gasteiger partial charge in [0.25, 0.3) is 11.8 Å². The van der Waals surface area contributed by atoms with E-state index in [1.54, 1.807) is 91.9 Å². The van der Waals surface area contributed by atoms with Crippen LogP contribution in [-0.4, -0.2) is 37.4 Å². The molecule has 206 valence electrons. The minimum absolute atomic E-state index is 0.0308. The van der Waals surface area contributed by atoms with Crippen LogP contribution < -0.4 is 20.2 Å². The Bertz CT molecular complexity index is 1620. The van der Waals surface area contributed by atoms with Gasteiger partial charge in [-0.1, -0.05) is 36.4 Å². The summed E-state index contributed by atoms with van der Waals surface area (Å²) in [5.74, 6) is 0.560. The zero-order valence-electron chi connectivity index (χ0n) is 22.0. The quantitative estimate of drug-likeness (QED) is 0.133. The van der Waals surface area contributed by atoms with Gasteiger partial charge in [-0.05, 0) is 67.1 Å². The Morgan fingerprint density at radius 2 is 1.68 bits per heavy atom. The average Bonchev–Trinajstić information content (AvgIpc) is 3.67. The maximum atomic E-state index is 13.1. The first-order valence-corrected chi connectivity index (χ1v) is 12.7. The lowest BCUT2D eigenvalue weighted by Crippen LogP contribution is -2.32. The predicted molar refractivity (Wildman–Crippen MR) is 150 cm³/mol. The summed E-state index contributed by atoms with van der Waals surface area (Å²) < 4.78 is 21.5. The first-order valence-electron chi connectivity index (χ1n) is 12.7. The number of furan rings is 1. The number of fused-ring (bicyclic) bond motifs is 1. The lowest BCUT2D eigenvalue weighted by atomic mass is 10.1. The molecular formula is C31H25N3O7. The molecule has 0 unspecified atom stereocenters. The molecule has 4 aromatic rings. The van der Waals surface area contributed by atoms with Gasteiger partial charge in [0.2, 0.25) is 6.79 Å². The number of rotatable bonds is 9. The number of carbonyl (C=O) groups is 3. The molecule has 0 fully saturated rings. The van der Waals surface area contributed by atoms with E-state index in [4.69, 9.17) is 18.6 Å². The second kappa shape index (κ2) is 12.5. The van der Waals surface area contributed by atoms with Crippen LogP contribution in [-0.2, 0) is 9.53 Å². The number of carbonyl (C=O) groups excluding carboxylic acids is 3. The maximum absolute atomic E-state index is 13.1. The number of nitrogens with zero attached hydrogens (tertiary/aromatic N) is 1. The topological polar surface area (TPSA) is 128 Å². The molecule has 1 aromatic heterocycles. The van der Waals surface area contributed by atoms with E-state index in [1.807, 2.05) is 0 Å². The van der Waals surface area contributed by atoms with E-state index in [1.165, 1.54) is 12.3 Å². The largest absolute Gasteiger partial charge is 0.462 e. The number of hydrogen-bond donors (Lipinski definition) is 2. The third-order valence-corrected chi connectivity index (χ3v) is 5.90. The molecule has 2 amide bonds. The van der Waals surface area contributed by atoms with Gasteiger partial charge >= 0.3 is 5.97 Å². The lowest BCUT2D eigenvalue weighted by Gasteiger charge is -2.09. The zero-order chi connectivity index (χ0) is 28.6. The van der Waals surface area contributed by atoms with Crippen molar-refractivity contribution in [2.75, 3.05) is 13.4 Å². The van der Waals surface area contributed by atoms with E-state index >= 15 is 0 Å². The first-order chi connectivity index (χ1) is 20.0. The molecule has 3 aromatic carbocycles. The third-order valence-electron chi connectivity index (χ3n) is 5.90. The fourth-order valence-corrected chi connectivity index (χ4v) is 3.89. The molecule has 10 nitrogen and oxygen atoms in total. The third kappa shape index (κ3) is 6.69. The Balaban J connectivity index is 1.29. The Labute approximate surface area is 235 Å². The van der Waals surface area contributed by atoms with Gasteiger partial charge in [0.15, 0.2) is 11.5 Å². The summed E-state index contributed by atoms with van der Waals surface area (Å²) in [6.45, 7) is 2.16. The zero-order valence-corrected chi connectivity index (χ0v) is 22.0. The van der Waals surface area contributed by atoms with Gasteiger partial charge in [-0.2, -0.15) is 5.10 Å². The van der Waals surface area contributed by atoms with Crippen LogP contribution in [0, 0.1) is 0 Å². The minimum atomic E-state index is -0.649. The highest BCUT2D eigenvalue weighted by atomic mass is 16.7. The fraction of sp³-hybridized carbons (Fsp3) is 0.0968. The molecule has 5 rings (SSSR count). The molecule has 1 aliphatic rings. The van der Waals surface area contributed by atoms with Crippen LogP contribution in [0.2, 0.25) is 0 Å². The smallest absolute Gasteiger partial charge is 0.338 e. The Morgan fingerprint density at radius 3 is 2.46 bits per heavy atom. The van der Waals surface area contributed by atoms with Gasteiger partial charge in [-0.3, -0.25) is 9.59 Å². The van der Waals surface area contributed by atoms with E-state index in [2.05, 4.69) is 15.8 Å². The second-order valence-electron chi connectivity index (χ2n) is 8.69. The summed E-state index contributed by atoms with van der Waals surface area (Å²) in [6, 6.07) is 23.9. The maximum Gasteiger partial charge on any atom is 0.338 e. The van der Waals surface area contributed by atoms with Crippen molar-refractivity contribution in [2.45, 2.75) is 6.92 Å². The summed E-state index contributed by atoms with van der Waals surface area (Å²) in [6.07, 6.45) is 2.85. The van der Waals surface area contributed by atoms with Crippen LogP contribution in [0.5, 0.6) is 11.5 Å². The van der Waals surface area contributed by atoms with Crippen molar-refractivity contribution in [3.05, 3.63) is 113 Å². The summed E-state index contributed by atoms with van der Waals surface area (Å²) in [5, 5.41) is 6.64. The van der Waals surface area contributed by atoms with Crippen molar-refractivity contribution in [3.63, 3.8) is 0 Å². The summed E-state index contributed by atoms with van der Waals surface area (Å²) in [5.41, 5.74) is 4.58. The molecule has 0 bridgehead atoms. The number of amides is 2. The predicted octanol–water partition coefficient (Wildman–Crippen LogP) is 4.77. The molecule has 10 heteroatoms. The summed E-state index contributed by atoms with van der Waals surface area (Å²) >= 11 is 0. The van der Waals surface area contributed by atoms with Crippen LogP contribution in [0.15, 0.2) is 100 Å². The fourth-order valence-electron chi connectivity index (χ4n) is 3.89. The average molecular weight is 552 g/mol. The SMILES string of the molecule is CCOC(=O)c1ccc(-c2ccc(C=NNC(=O)C(=Cc3ccc4c(c3)OCO4)NC(=O)c3ccccc3)o2)cc1. The standard InChI is InChI=1S/C31H25N3O7/c1-2-38-31(37)23-11-9-21(10-12-23)26-15-13-24(41-26)18-32-34-30(36)25(33-29(35)22-6-4-3-5-7-22)16-20-8-14-27-28(17-20)40-19-39-27/h3-18H,2,19H2,1H3,(H,33,35)(H,34,36). The Hall–Kier alpha value is -5.64. The molecule has 0 saturated carbocycles. The first kappa shape index (κ1) is 26.9. The van der Waals surface area contributed by atoms with Crippen LogP contribution in [0.3, 0.4) is 0 Å². The van der Waals surface area contributed by atoms with Crippen LogP contribution >= 0.6 is 0 Å². The second-order valence-corrected chi connectivity index (χ2v) is 8.69. The van der Waals surface area contributed by atoms with E-state index in [9.17, 15) is 14.4 Å². The van der Waals surface area contributed by atoms with Crippen molar-refractivity contribution in [1.29, 1.82) is 0 Å².